The molecule has 0 saturated carbocycles. The first-order valence-corrected chi connectivity index (χ1v) is 12.5. The van der Waals surface area contributed by atoms with Crippen molar-refractivity contribution in [3.05, 3.63) is 60.7 Å². The zero-order valence-corrected chi connectivity index (χ0v) is 19.7. The summed E-state index contributed by atoms with van der Waals surface area (Å²) in [6.45, 7) is 1.93. The van der Waals surface area contributed by atoms with Gasteiger partial charge in [0.2, 0.25) is 0 Å². The minimum atomic E-state index is -0.729. The summed E-state index contributed by atoms with van der Waals surface area (Å²) >= 11 is 1.87. The molecule has 0 radical (unpaired) electrons. The summed E-state index contributed by atoms with van der Waals surface area (Å²) in [4.78, 5) is 21.5. The lowest BCUT2D eigenvalue weighted by Crippen LogP contribution is -2.36. The van der Waals surface area contributed by atoms with Crippen molar-refractivity contribution in [3.63, 3.8) is 0 Å². The van der Waals surface area contributed by atoms with Gasteiger partial charge in [-0.05, 0) is 53.4 Å². The first kappa shape index (κ1) is 24.9. The fourth-order valence-electron chi connectivity index (χ4n) is 4.15. The number of thioether (sulfide) groups is 1. The van der Waals surface area contributed by atoms with Crippen molar-refractivity contribution in [2.45, 2.75) is 49.9 Å². The maximum atomic E-state index is 11.1. The third-order valence-corrected chi connectivity index (χ3v) is 7.19. The third-order valence-electron chi connectivity index (χ3n) is 5.68. The van der Waals surface area contributed by atoms with Crippen molar-refractivity contribution in [1.82, 2.24) is 10.6 Å². The summed E-state index contributed by atoms with van der Waals surface area (Å²) in [6.07, 6.45) is 2.88. The number of urea groups is 1. The molecule has 0 aliphatic carbocycles. The molecule has 6 nitrogen and oxygen atoms in total. The molecule has 2 amide bonds. The highest BCUT2D eigenvalue weighted by Crippen LogP contribution is 2.33. The van der Waals surface area contributed by atoms with E-state index in [9.17, 15) is 9.59 Å². The number of carboxylic acids is 1. The van der Waals surface area contributed by atoms with Crippen molar-refractivity contribution in [2.24, 2.45) is 0 Å². The molecule has 0 bridgehead atoms. The van der Waals surface area contributed by atoms with E-state index in [2.05, 4.69) is 71.3 Å². The predicted molar refractivity (Wildman–Crippen MR) is 136 cm³/mol. The number of carbonyl (C=O) groups is 2. The summed E-state index contributed by atoms with van der Waals surface area (Å²) in [5, 5.41) is 27.6. The van der Waals surface area contributed by atoms with E-state index in [-0.39, 0.29) is 31.1 Å². The molecule has 2 aliphatic heterocycles. The van der Waals surface area contributed by atoms with Gasteiger partial charge in [0.05, 0.1) is 12.1 Å². The van der Waals surface area contributed by atoms with Crippen molar-refractivity contribution in [3.8, 4) is 0 Å². The Hall–Kier alpha value is -2.77. The Morgan fingerprint density at radius 2 is 1.48 bits per heavy atom. The third kappa shape index (κ3) is 7.11. The number of aliphatic carboxylic acids is 1. The standard InChI is InChI=1S/C14H10.C10H16N2O3S.C2H6O/c1-2-6-12-10-14-8-4-3-7-13(14)9-11(12)5-1;13-8(14)4-2-1-3-7-9-6(5-16-7)11-10(15)12-9;1-2-3/h1-10H;6-7,9H,1-5H2,(H,13,14)(H2,11,12,15);3H,2H2,1H3/t;6-,7-,9-;/m.0./s1. The average molecular weight is 469 g/mol. The number of aliphatic hydroxyl groups is 1. The molecule has 176 valence electrons. The van der Waals surface area contributed by atoms with Crippen LogP contribution in [0.15, 0.2) is 60.7 Å². The molecule has 2 heterocycles. The molecule has 3 atom stereocenters. The lowest BCUT2D eigenvalue weighted by atomic mass is 10.0. The van der Waals surface area contributed by atoms with Crippen LogP contribution in [-0.4, -0.2) is 51.9 Å². The van der Waals surface area contributed by atoms with Crippen LogP contribution in [0.3, 0.4) is 0 Å². The van der Waals surface area contributed by atoms with E-state index in [1.807, 2.05) is 11.8 Å². The van der Waals surface area contributed by atoms with Gasteiger partial charge in [0.1, 0.15) is 0 Å². The van der Waals surface area contributed by atoms with Gasteiger partial charge in [-0.15, -0.1) is 0 Å². The fraction of sp³-hybridized carbons (Fsp3) is 0.385. The Morgan fingerprint density at radius 3 is 1.97 bits per heavy atom. The van der Waals surface area contributed by atoms with Gasteiger partial charge in [-0.1, -0.05) is 55.0 Å². The number of aliphatic hydroxyl groups excluding tert-OH is 1. The van der Waals surface area contributed by atoms with Crippen LogP contribution in [-0.2, 0) is 4.79 Å². The zero-order valence-electron chi connectivity index (χ0n) is 18.9. The molecule has 2 aliphatic rings. The van der Waals surface area contributed by atoms with Crippen LogP contribution >= 0.6 is 11.8 Å². The summed E-state index contributed by atoms with van der Waals surface area (Å²) < 4.78 is 0. The molecule has 3 aromatic rings. The number of hydrogen-bond donors (Lipinski definition) is 4. The lowest BCUT2D eigenvalue weighted by Gasteiger charge is -2.16. The molecular formula is C26H32N2O4S. The SMILES string of the molecule is CCO.O=C(O)CCCC[C@@H]1SC[C@@H]2NC(=O)N[C@@H]21.c1ccc2cc3ccccc3cc2c1. The highest BCUT2D eigenvalue weighted by atomic mass is 32.2. The zero-order chi connectivity index (χ0) is 23.6. The molecule has 4 N–H and O–H groups in total. The van der Waals surface area contributed by atoms with E-state index in [0.717, 1.165) is 25.0 Å². The van der Waals surface area contributed by atoms with Gasteiger partial charge in [0, 0.05) is 24.0 Å². The van der Waals surface area contributed by atoms with Crippen LogP contribution in [0.1, 0.15) is 32.6 Å². The maximum absolute atomic E-state index is 11.1. The number of rotatable bonds is 5. The first-order valence-electron chi connectivity index (χ1n) is 11.4. The summed E-state index contributed by atoms with van der Waals surface area (Å²) in [5.41, 5.74) is 0. The number of nitrogens with one attached hydrogen (secondary N) is 2. The van der Waals surface area contributed by atoms with Gasteiger partial charge < -0.3 is 20.8 Å². The maximum Gasteiger partial charge on any atom is 0.315 e. The fourth-order valence-corrected chi connectivity index (χ4v) is 5.69. The van der Waals surface area contributed by atoms with Crippen LogP contribution in [0.5, 0.6) is 0 Å². The van der Waals surface area contributed by atoms with Gasteiger partial charge in [0.25, 0.3) is 0 Å². The van der Waals surface area contributed by atoms with Gasteiger partial charge >= 0.3 is 12.0 Å². The van der Waals surface area contributed by atoms with Crippen LogP contribution in [0, 0.1) is 0 Å². The normalized spacial score (nSPS) is 20.7. The Morgan fingerprint density at radius 1 is 0.970 bits per heavy atom. The van der Waals surface area contributed by atoms with E-state index in [1.165, 1.54) is 21.5 Å². The first-order chi connectivity index (χ1) is 16.0. The van der Waals surface area contributed by atoms with E-state index < -0.39 is 5.97 Å². The number of carbonyl (C=O) groups excluding carboxylic acids is 1. The second-order valence-electron chi connectivity index (χ2n) is 8.12. The summed E-state index contributed by atoms with van der Waals surface area (Å²) in [5.74, 6) is 0.236. The Bertz CT molecular complexity index is 969. The molecule has 2 fully saturated rings. The smallest absolute Gasteiger partial charge is 0.315 e. The Labute approximate surface area is 198 Å². The van der Waals surface area contributed by atoms with E-state index in [1.54, 1.807) is 6.92 Å². The molecule has 2 saturated heterocycles. The summed E-state index contributed by atoms with van der Waals surface area (Å²) in [6, 6.07) is 21.9. The molecule has 5 rings (SSSR count). The van der Waals surface area contributed by atoms with E-state index >= 15 is 0 Å². The van der Waals surface area contributed by atoms with Gasteiger partial charge in [-0.2, -0.15) is 11.8 Å². The number of unbranched alkanes of at least 4 members (excludes halogenated alkanes) is 1. The van der Waals surface area contributed by atoms with Crippen molar-refractivity contribution >= 4 is 45.3 Å². The molecule has 33 heavy (non-hydrogen) atoms. The van der Waals surface area contributed by atoms with Crippen molar-refractivity contribution in [1.29, 1.82) is 0 Å². The second-order valence-corrected chi connectivity index (χ2v) is 9.40. The highest BCUT2D eigenvalue weighted by Gasteiger charge is 2.42. The number of hydrogen-bond acceptors (Lipinski definition) is 4. The number of carboxylic acid groups (broad SMARTS) is 1. The van der Waals surface area contributed by atoms with Crippen LogP contribution < -0.4 is 10.6 Å². The van der Waals surface area contributed by atoms with Crippen molar-refractivity contribution < 1.29 is 19.8 Å². The lowest BCUT2D eigenvalue weighted by molar-refractivity contribution is -0.137. The average Bonchev–Trinajstić information content (AvgIpc) is 3.35. The van der Waals surface area contributed by atoms with Crippen LogP contribution in [0.4, 0.5) is 4.79 Å². The molecule has 7 heteroatoms. The second kappa shape index (κ2) is 12.5. The topological polar surface area (TPSA) is 98.7 Å². The summed E-state index contributed by atoms with van der Waals surface area (Å²) in [7, 11) is 0. The van der Waals surface area contributed by atoms with E-state index in [4.69, 9.17) is 10.2 Å². The Balaban J connectivity index is 0.000000167. The number of benzene rings is 3. The van der Waals surface area contributed by atoms with Crippen LogP contribution in [0.25, 0.3) is 21.5 Å². The number of fused-ring (bicyclic) bond motifs is 3. The molecule has 0 unspecified atom stereocenters. The van der Waals surface area contributed by atoms with Gasteiger partial charge in [-0.3, -0.25) is 4.79 Å². The van der Waals surface area contributed by atoms with Gasteiger partial charge in [0.15, 0.2) is 0 Å². The minimum absolute atomic E-state index is 0.0640. The van der Waals surface area contributed by atoms with Gasteiger partial charge in [-0.25, -0.2) is 4.79 Å². The molecular weight excluding hydrogens is 436 g/mol. The quantitative estimate of drug-likeness (QED) is 0.245. The monoisotopic (exact) mass is 468 g/mol. The predicted octanol–water partition coefficient (Wildman–Crippen LogP) is 4.79. The number of amides is 2. The highest BCUT2D eigenvalue weighted by molar-refractivity contribution is 8.00. The largest absolute Gasteiger partial charge is 0.481 e. The molecule has 0 spiro atoms. The molecule has 3 aromatic carbocycles. The minimum Gasteiger partial charge on any atom is -0.481 e. The van der Waals surface area contributed by atoms with E-state index in [0.29, 0.717) is 5.25 Å². The van der Waals surface area contributed by atoms with Crippen LogP contribution in [0.2, 0.25) is 0 Å². The Kier molecular flexibility index (Phi) is 9.39. The molecule has 0 aromatic heterocycles. The van der Waals surface area contributed by atoms with Crippen molar-refractivity contribution in [2.75, 3.05) is 12.4 Å².